The van der Waals surface area contributed by atoms with Crippen LogP contribution in [0.1, 0.15) is 22.3 Å². The van der Waals surface area contributed by atoms with E-state index in [1.807, 2.05) is 24.3 Å². The van der Waals surface area contributed by atoms with E-state index < -0.39 is 0 Å². The molecule has 3 aromatic carbocycles. The summed E-state index contributed by atoms with van der Waals surface area (Å²) in [5, 5.41) is 12.6. The number of hydrogen-bond donors (Lipinski definition) is 1. The second-order valence-corrected chi connectivity index (χ2v) is 5.41. The Kier molecular flexibility index (Phi) is 3.19. The normalized spacial score (nSPS) is 10.9. The lowest BCUT2D eigenvalue weighted by Crippen LogP contribution is -1.91. The van der Waals surface area contributed by atoms with Gasteiger partial charge in [-0.1, -0.05) is 54.1 Å². The predicted molar refractivity (Wildman–Crippen MR) is 84.3 cm³/mol. The van der Waals surface area contributed by atoms with E-state index in [0.717, 1.165) is 22.8 Å². The molecule has 3 aromatic rings. The Morgan fingerprint density at radius 3 is 2.35 bits per heavy atom. The third-order valence-corrected chi connectivity index (χ3v) is 3.78. The lowest BCUT2D eigenvalue weighted by molar-refractivity contribution is 0.476. The van der Waals surface area contributed by atoms with Gasteiger partial charge in [-0.05, 0) is 42.0 Å². The van der Waals surface area contributed by atoms with Crippen molar-refractivity contribution in [3.63, 3.8) is 0 Å². The molecule has 20 heavy (non-hydrogen) atoms. The van der Waals surface area contributed by atoms with Crippen molar-refractivity contribution in [3.8, 4) is 5.75 Å². The van der Waals surface area contributed by atoms with Crippen molar-refractivity contribution >= 4 is 10.8 Å². The van der Waals surface area contributed by atoms with E-state index in [0.29, 0.717) is 5.75 Å². The highest BCUT2D eigenvalue weighted by Gasteiger charge is 2.09. The van der Waals surface area contributed by atoms with Gasteiger partial charge in [0.1, 0.15) is 5.75 Å². The van der Waals surface area contributed by atoms with E-state index in [1.54, 1.807) is 0 Å². The number of phenolic OH excluding ortho intramolecular Hbond substituents is 1. The molecule has 1 heteroatoms. The second-order valence-electron chi connectivity index (χ2n) is 5.41. The van der Waals surface area contributed by atoms with E-state index in [1.165, 1.54) is 16.7 Å². The molecule has 100 valence electrons. The zero-order chi connectivity index (χ0) is 14.1. The molecule has 0 aliphatic rings. The lowest BCUT2D eigenvalue weighted by Gasteiger charge is -2.11. The summed E-state index contributed by atoms with van der Waals surface area (Å²) in [4.78, 5) is 0. The van der Waals surface area contributed by atoms with Crippen molar-refractivity contribution in [2.75, 3.05) is 0 Å². The lowest BCUT2D eigenvalue weighted by atomic mass is 9.96. The maximum absolute atomic E-state index is 10.6. The van der Waals surface area contributed by atoms with E-state index in [2.05, 4.69) is 44.2 Å². The minimum atomic E-state index is 0.415. The van der Waals surface area contributed by atoms with Gasteiger partial charge in [0, 0.05) is 11.8 Å². The maximum atomic E-state index is 10.6. The number of hydrogen-bond acceptors (Lipinski definition) is 1. The first-order valence-corrected chi connectivity index (χ1v) is 6.91. The summed E-state index contributed by atoms with van der Waals surface area (Å²) in [6.45, 7) is 4.15. The Morgan fingerprint density at radius 1 is 0.850 bits per heavy atom. The van der Waals surface area contributed by atoms with Gasteiger partial charge in [0.05, 0.1) is 0 Å². The van der Waals surface area contributed by atoms with Crippen molar-refractivity contribution in [2.24, 2.45) is 0 Å². The molecule has 0 atom stereocenters. The van der Waals surface area contributed by atoms with Crippen LogP contribution in [-0.4, -0.2) is 5.11 Å². The van der Waals surface area contributed by atoms with Crippen molar-refractivity contribution in [2.45, 2.75) is 20.3 Å². The van der Waals surface area contributed by atoms with Crippen LogP contribution in [0, 0.1) is 13.8 Å². The van der Waals surface area contributed by atoms with Crippen LogP contribution in [-0.2, 0) is 6.42 Å². The molecule has 1 nitrogen and oxygen atoms in total. The average Bonchev–Trinajstić information content (AvgIpc) is 2.43. The molecule has 1 N–H and O–H groups in total. The van der Waals surface area contributed by atoms with E-state index in [4.69, 9.17) is 0 Å². The standard InChI is InChI=1S/C19H18O/c1-13-10-14(2)17-9-8-16(19(20)18(17)11-13)12-15-6-4-3-5-7-15/h3-11,20H,12H2,1-2H3. The first kappa shape index (κ1) is 12.7. The van der Waals surface area contributed by atoms with Gasteiger partial charge in [-0.3, -0.25) is 0 Å². The van der Waals surface area contributed by atoms with Gasteiger partial charge in [0.2, 0.25) is 0 Å². The van der Waals surface area contributed by atoms with Crippen molar-refractivity contribution < 1.29 is 5.11 Å². The van der Waals surface area contributed by atoms with Crippen LogP contribution in [0.3, 0.4) is 0 Å². The van der Waals surface area contributed by atoms with Crippen LogP contribution < -0.4 is 0 Å². The molecular weight excluding hydrogens is 244 g/mol. The number of phenols is 1. The summed E-state index contributed by atoms with van der Waals surface area (Å²) in [7, 11) is 0. The topological polar surface area (TPSA) is 20.2 Å². The van der Waals surface area contributed by atoms with Gasteiger partial charge >= 0.3 is 0 Å². The zero-order valence-corrected chi connectivity index (χ0v) is 11.9. The summed E-state index contributed by atoms with van der Waals surface area (Å²) in [6.07, 6.45) is 0.760. The Balaban J connectivity index is 2.12. The number of aryl methyl sites for hydroxylation is 2. The fourth-order valence-corrected chi connectivity index (χ4v) is 2.79. The van der Waals surface area contributed by atoms with Gasteiger partial charge in [-0.25, -0.2) is 0 Å². The van der Waals surface area contributed by atoms with Gasteiger partial charge in [-0.2, -0.15) is 0 Å². The molecular formula is C19H18O. The predicted octanol–water partition coefficient (Wildman–Crippen LogP) is 4.75. The minimum Gasteiger partial charge on any atom is -0.507 e. The first-order chi connectivity index (χ1) is 9.65. The minimum absolute atomic E-state index is 0.415. The van der Waals surface area contributed by atoms with Gasteiger partial charge in [-0.15, -0.1) is 0 Å². The number of fused-ring (bicyclic) bond motifs is 1. The van der Waals surface area contributed by atoms with Crippen LogP contribution >= 0.6 is 0 Å². The third kappa shape index (κ3) is 2.27. The molecule has 0 heterocycles. The monoisotopic (exact) mass is 262 g/mol. The summed E-state index contributed by atoms with van der Waals surface area (Å²) in [5.74, 6) is 0.415. The van der Waals surface area contributed by atoms with Crippen LogP contribution in [0.25, 0.3) is 10.8 Å². The van der Waals surface area contributed by atoms with Gasteiger partial charge in [0.25, 0.3) is 0 Å². The molecule has 0 aromatic heterocycles. The van der Waals surface area contributed by atoms with Crippen molar-refractivity contribution in [1.29, 1.82) is 0 Å². The average molecular weight is 262 g/mol. The molecule has 0 aliphatic carbocycles. The van der Waals surface area contributed by atoms with Crippen LogP contribution in [0.5, 0.6) is 5.75 Å². The molecule has 0 spiro atoms. The van der Waals surface area contributed by atoms with E-state index in [9.17, 15) is 5.11 Å². The van der Waals surface area contributed by atoms with Crippen LogP contribution in [0.2, 0.25) is 0 Å². The summed E-state index contributed by atoms with van der Waals surface area (Å²) < 4.78 is 0. The Bertz CT molecular complexity index is 758. The van der Waals surface area contributed by atoms with E-state index in [-0.39, 0.29) is 0 Å². The van der Waals surface area contributed by atoms with E-state index >= 15 is 0 Å². The van der Waals surface area contributed by atoms with Crippen molar-refractivity contribution in [3.05, 3.63) is 76.9 Å². The largest absolute Gasteiger partial charge is 0.507 e. The fraction of sp³-hybridized carbons (Fsp3) is 0.158. The summed E-state index contributed by atoms with van der Waals surface area (Å²) in [5.41, 5.74) is 4.59. The summed E-state index contributed by atoms with van der Waals surface area (Å²) >= 11 is 0. The Labute approximate surface area is 119 Å². The van der Waals surface area contributed by atoms with Crippen LogP contribution in [0.15, 0.2) is 54.6 Å². The number of benzene rings is 3. The smallest absolute Gasteiger partial charge is 0.126 e. The van der Waals surface area contributed by atoms with Gasteiger partial charge < -0.3 is 5.11 Å². The second kappa shape index (κ2) is 5.01. The van der Waals surface area contributed by atoms with Crippen molar-refractivity contribution in [1.82, 2.24) is 0 Å². The molecule has 0 fully saturated rings. The fourth-order valence-electron chi connectivity index (χ4n) is 2.79. The molecule has 0 bridgehead atoms. The molecule has 3 rings (SSSR count). The highest BCUT2D eigenvalue weighted by atomic mass is 16.3. The number of aromatic hydroxyl groups is 1. The zero-order valence-electron chi connectivity index (χ0n) is 11.9. The Morgan fingerprint density at radius 2 is 1.60 bits per heavy atom. The van der Waals surface area contributed by atoms with Gasteiger partial charge in [0.15, 0.2) is 0 Å². The molecule has 0 radical (unpaired) electrons. The molecule has 0 aliphatic heterocycles. The molecule has 0 unspecified atom stereocenters. The van der Waals surface area contributed by atoms with Crippen LogP contribution in [0.4, 0.5) is 0 Å². The third-order valence-electron chi connectivity index (χ3n) is 3.78. The molecule has 0 saturated heterocycles. The number of rotatable bonds is 2. The first-order valence-electron chi connectivity index (χ1n) is 6.91. The maximum Gasteiger partial charge on any atom is 0.126 e. The molecule has 0 saturated carbocycles. The summed E-state index contributed by atoms with van der Waals surface area (Å²) in [6, 6.07) is 18.6. The quantitative estimate of drug-likeness (QED) is 0.706. The molecule has 0 amide bonds. The SMILES string of the molecule is Cc1cc(C)c2ccc(Cc3ccccc3)c(O)c2c1. The highest BCUT2D eigenvalue weighted by Crippen LogP contribution is 2.32. The highest BCUT2D eigenvalue weighted by molar-refractivity contribution is 5.92. The Hall–Kier alpha value is -2.28.